The Hall–Kier alpha value is -2.58. The van der Waals surface area contributed by atoms with Crippen LogP contribution in [0.2, 0.25) is 0 Å². The molecule has 2 aliphatic heterocycles. The summed E-state index contributed by atoms with van der Waals surface area (Å²) in [5, 5.41) is 28.9. The van der Waals surface area contributed by atoms with Gasteiger partial charge in [-0.25, -0.2) is 10.0 Å². The average molecular weight is 330 g/mol. The van der Waals surface area contributed by atoms with Crippen molar-refractivity contribution in [1.82, 2.24) is 10.0 Å². The molecule has 1 aromatic rings. The van der Waals surface area contributed by atoms with Gasteiger partial charge in [-0.15, -0.1) is 0 Å². The van der Waals surface area contributed by atoms with Crippen LogP contribution in [0.5, 0.6) is 0 Å². The van der Waals surface area contributed by atoms with Crippen molar-refractivity contribution >= 4 is 23.2 Å². The van der Waals surface area contributed by atoms with Gasteiger partial charge in [-0.1, -0.05) is 18.2 Å². The van der Waals surface area contributed by atoms with Crippen LogP contribution in [0.4, 0.5) is 0 Å². The van der Waals surface area contributed by atoms with Gasteiger partial charge in [-0.2, -0.15) is 10.2 Å². The highest BCUT2D eigenvalue weighted by atomic mass is 16.3. The molecule has 2 N–H and O–H groups in total. The summed E-state index contributed by atoms with van der Waals surface area (Å²) in [6.07, 6.45) is 0.372. The lowest BCUT2D eigenvalue weighted by molar-refractivity contribution is -0.129. The summed E-state index contributed by atoms with van der Waals surface area (Å²) in [4.78, 5) is 23.7. The molecular formula is C16H18N4O4. The van der Waals surface area contributed by atoms with Crippen LogP contribution in [0.25, 0.3) is 0 Å². The van der Waals surface area contributed by atoms with Gasteiger partial charge >= 0.3 is 0 Å². The molecule has 0 aliphatic carbocycles. The van der Waals surface area contributed by atoms with Crippen LogP contribution in [-0.4, -0.2) is 69.8 Å². The van der Waals surface area contributed by atoms with Crippen LogP contribution >= 0.6 is 0 Å². The van der Waals surface area contributed by atoms with E-state index in [2.05, 4.69) is 10.2 Å². The van der Waals surface area contributed by atoms with Crippen molar-refractivity contribution in [3.8, 4) is 0 Å². The second kappa shape index (κ2) is 6.90. The Morgan fingerprint density at radius 2 is 1.33 bits per heavy atom. The summed E-state index contributed by atoms with van der Waals surface area (Å²) in [7, 11) is 0. The van der Waals surface area contributed by atoms with Crippen LogP contribution in [0.15, 0.2) is 34.5 Å². The number of β-amino-alcohol motifs (C(OH)–C–C–N with tert-alkyl or cyclic N) is 2. The minimum atomic E-state index is -0.146. The maximum absolute atomic E-state index is 11.8. The lowest BCUT2D eigenvalue weighted by atomic mass is 10.0. The third-order valence-electron chi connectivity index (χ3n) is 3.85. The second-order valence-corrected chi connectivity index (χ2v) is 5.51. The number of hydrogen-bond donors (Lipinski definition) is 2. The molecule has 126 valence electrons. The molecule has 2 amide bonds. The Bertz CT molecular complexity index is 671. The van der Waals surface area contributed by atoms with E-state index in [1.165, 1.54) is 10.0 Å². The fraction of sp³-hybridized carbons (Fsp3) is 0.375. The third kappa shape index (κ3) is 3.19. The average Bonchev–Trinajstić information content (AvgIpc) is 3.12. The smallest absolute Gasteiger partial charge is 0.248 e. The summed E-state index contributed by atoms with van der Waals surface area (Å²) < 4.78 is 0. The van der Waals surface area contributed by atoms with Crippen LogP contribution < -0.4 is 0 Å². The van der Waals surface area contributed by atoms with E-state index in [-0.39, 0.29) is 51.0 Å². The Balaban J connectivity index is 1.83. The maximum Gasteiger partial charge on any atom is 0.248 e. The Morgan fingerprint density at radius 3 is 1.75 bits per heavy atom. The number of hydrazone groups is 2. The Morgan fingerprint density at radius 1 is 0.875 bits per heavy atom. The topological polar surface area (TPSA) is 106 Å². The molecule has 0 atom stereocenters. The Kier molecular flexibility index (Phi) is 4.68. The van der Waals surface area contributed by atoms with Crippen molar-refractivity contribution in [3.63, 3.8) is 0 Å². The van der Waals surface area contributed by atoms with E-state index < -0.39 is 0 Å². The van der Waals surface area contributed by atoms with Gasteiger partial charge in [0.25, 0.3) is 0 Å². The van der Waals surface area contributed by atoms with Gasteiger partial charge in [0.15, 0.2) is 0 Å². The highest BCUT2D eigenvalue weighted by molar-refractivity contribution is 6.17. The van der Waals surface area contributed by atoms with Crippen molar-refractivity contribution < 1.29 is 19.8 Å². The molecule has 0 spiro atoms. The first-order valence-electron chi connectivity index (χ1n) is 7.70. The van der Waals surface area contributed by atoms with Crippen LogP contribution in [-0.2, 0) is 9.59 Å². The van der Waals surface area contributed by atoms with E-state index in [1.54, 1.807) is 0 Å². The van der Waals surface area contributed by atoms with E-state index in [0.717, 1.165) is 11.1 Å². The zero-order valence-corrected chi connectivity index (χ0v) is 13.1. The van der Waals surface area contributed by atoms with Gasteiger partial charge < -0.3 is 10.2 Å². The Labute approximate surface area is 138 Å². The quantitative estimate of drug-likeness (QED) is 0.736. The van der Waals surface area contributed by atoms with Gasteiger partial charge in [0.1, 0.15) is 0 Å². The summed E-state index contributed by atoms with van der Waals surface area (Å²) in [5.41, 5.74) is 2.84. The van der Waals surface area contributed by atoms with Gasteiger partial charge in [0.2, 0.25) is 11.8 Å². The molecule has 0 radical (unpaired) electrons. The maximum atomic E-state index is 11.8. The van der Waals surface area contributed by atoms with E-state index in [0.29, 0.717) is 11.4 Å². The third-order valence-corrected chi connectivity index (χ3v) is 3.85. The van der Waals surface area contributed by atoms with E-state index in [1.807, 2.05) is 24.3 Å². The SMILES string of the molecule is O=C1CC(c2cccc(C3=NN(CCO)C(=O)C3)c2)=NN1CCO. The summed E-state index contributed by atoms with van der Waals surface area (Å²) in [6.45, 7) is 0.0864. The first-order valence-corrected chi connectivity index (χ1v) is 7.70. The number of amides is 2. The second-order valence-electron chi connectivity index (χ2n) is 5.51. The normalized spacial score (nSPS) is 17.6. The molecule has 0 saturated carbocycles. The van der Waals surface area contributed by atoms with Crippen molar-refractivity contribution in [1.29, 1.82) is 0 Å². The molecule has 8 nitrogen and oxygen atoms in total. The zero-order valence-electron chi connectivity index (χ0n) is 13.1. The van der Waals surface area contributed by atoms with Crippen molar-refractivity contribution in [2.45, 2.75) is 12.8 Å². The predicted octanol–water partition coefficient (Wildman–Crippen LogP) is -0.456. The minimum Gasteiger partial charge on any atom is -0.394 e. The molecule has 0 saturated heterocycles. The molecule has 0 aromatic heterocycles. The van der Waals surface area contributed by atoms with Crippen molar-refractivity contribution in [3.05, 3.63) is 35.4 Å². The predicted molar refractivity (Wildman–Crippen MR) is 86.3 cm³/mol. The van der Waals surface area contributed by atoms with E-state index in [9.17, 15) is 9.59 Å². The lowest BCUT2D eigenvalue weighted by Crippen LogP contribution is -2.23. The molecule has 3 rings (SSSR count). The molecule has 0 unspecified atom stereocenters. The van der Waals surface area contributed by atoms with E-state index >= 15 is 0 Å². The van der Waals surface area contributed by atoms with Crippen LogP contribution in [0.3, 0.4) is 0 Å². The van der Waals surface area contributed by atoms with Crippen molar-refractivity contribution in [2.24, 2.45) is 10.2 Å². The summed E-state index contributed by atoms with van der Waals surface area (Å²) in [6, 6.07) is 7.37. The van der Waals surface area contributed by atoms with Gasteiger partial charge in [0.05, 0.1) is 50.6 Å². The molecule has 2 heterocycles. The molecule has 1 aromatic carbocycles. The number of rotatable bonds is 6. The fourth-order valence-corrected chi connectivity index (χ4v) is 2.68. The molecule has 0 bridgehead atoms. The minimum absolute atomic E-state index is 0.137. The standard InChI is InChI=1S/C16H18N4O4/c21-6-4-19-15(23)9-13(17-19)11-2-1-3-12(8-11)14-10-16(24)20(18-14)5-7-22/h1-3,8,21-22H,4-7,9-10H2. The van der Waals surface area contributed by atoms with Crippen LogP contribution in [0.1, 0.15) is 24.0 Å². The highest BCUT2D eigenvalue weighted by Gasteiger charge is 2.26. The largest absolute Gasteiger partial charge is 0.394 e. The number of nitrogens with zero attached hydrogens (tertiary/aromatic N) is 4. The first kappa shape index (κ1) is 16.3. The lowest BCUT2D eigenvalue weighted by Gasteiger charge is -2.08. The fourth-order valence-electron chi connectivity index (χ4n) is 2.68. The molecule has 24 heavy (non-hydrogen) atoms. The van der Waals surface area contributed by atoms with Gasteiger partial charge in [-0.05, 0) is 17.2 Å². The summed E-state index contributed by atoms with van der Waals surface area (Å²) in [5.74, 6) is -0.293. The van der Waals surface area contributed by atoms with Crippen molar-refractivity contribution in [2.75, 3.05) is 26.3 Å². The first-order chi connectivity index (χ1) is 11.6. The zero-order chi connectivity index (χ0) is 17.1. The molecule has 8 heteroatoms. The van der Waals surface area contributed by atoms with E-state index in [4.69, 9.17) is 10.2 Å². The number of carbonyl (C=O) groups is 2. The number of carbonyl (C=O) groups excluding carboxylic acids is 2. The van der Waals surface area contributed by atoms with Gasteiger partial charge in [-0.3, -0.25) is 9.59 Å². The van der Waals surface area contributed by atoms with Gasteiger partial charge in [0, 0.05) is 0 Å². The van der Waals surface area contributed by atoms with Crippen LogP contribution in [0, 0.1) is 0 Å². The monoisotopic (exact) mass is 330 g/mol. The number of aliphatic hydroxyl groups excluding tert-OH is 2. The molecule has 0 fully saturated rings. The number of hydrogen-bond acceptors (Lipinski definition) is 6. The number of benzene rings is 1. The number of aliphatic hydroxyl groups is 2. The highest BCUT2D eigenvalue weighted by Crippen LogP contribution is 2.19. The summed E-state index contributed by atoms with van der Waals surface area (Å²) >= 11 is 0. The molecule has 2 aliphatic rings. The molecular weight excluding hydrogens is 312 g/mol.